The van der Waals surface area contributed by atoms with Crippen LogP contribution >= 0.6 is 0 Å². The Kier molecular flexibility index (Phi) is 5.51. The van der Waals surface area contributed by atoms with Gasteiger partial charge in [0.15, 0.2) is 0 Å². The van der Waals surface area contributed by atoms with E-state index in [1.807, 2.05) is 6.92 Å². The lowest BCUT2D eigenvalue weighted by molar-refractivity contribution is -0.139. The highest BCUT2D eigenvalue weighted by Gasteiger charge is 2.57. The molecule has 0 radical (unpaired) electrons. The molecule has 2 bridgehead atoms. The van der Waals surface area contributed by atoms with Gasteiger partial charge in [0.05, 0.1) is 12.7 Å². The zero-order valence-corrected chi connectivity index (χ0v) is 17.3. The highest BCUT2D eigenvalue weighted by atomic mass is 16.5. The second-order valence-corrected chi connectivity index (χ2v) is 8.01. The average molecular weight is 372 g/mol. The Morgan fingerprint density at radius 1 is 1.30 bits per heavy atom. The molecule has 2 heterocycles. The van der Waals surface area contributed by atoms with Crippen LogP contribution in [0.15, 0.2) is 35.4 Å². The minimum Gasteiger partial charge on any atom is -0.466 e. The minimum absolute atomic E-state index is 0.252. The lowest BCUT2D eigenvalue weighted by atomic mass is 9.64. The first-order chi connectivity index (χ1) is 12.9. The molecule has 1 saturated heterocycles. The van der Waals surface area contributed by atoms with Crippen molar-refractivity contribution in [2.45, 2.75) is 70.4 Å². The van der Waals surface area contributed by atoms with E-state index in [1.54, 1.807) is 0 Å². The molecule has 3 rings (SSSR count). The maximum atomic E-state index is 12.9. The number of hydrogen-bond acceptors (Lipinski definition) is 4. The van der Waals surface area contributed by atoms with E-state index in [9.17, 15) is 9.90 Å². The Morgan fingerprint density at radius 3 is 2.56 bits per heavy atom. The van der Waals surface area contributed by atoms with Crippen LogP contribution in [0.5, 0.6) is 0 Å². The van der Waals surface area contributed by atoms with Gasteiger partial charge in [-0.25, -0.2) is 4.79 Å². The van der Waals surface area contributed by atoms with Gasteiger partial charge >= 0.3 is 5.97 Å². The van der Waals surface area contributed by atoms with Crippen molar-refractivity contribution < 1.29 is 14.6 Å². The third kappa shape index (κ3) is 2.85. The second kappa shape index (κ2) is 7.40. The monoisotopic (exact) mass is 371 g/mol. The third-order valence-electron chi connectivity index (χ3n) is 6.91. The number of nitrogens with zero attached hydrogens (tertiary/aromatic N) is 1. The number of aryl methyl sites for hydroxylation is 1. The van der Waals surface area contributed by atoms with Gasteiger partial charge in [-0.3, -0.25) is 4.90 Å². The van der Waals surface area contributed by atoms with Gasteiger partial charge in [-0.2, -0.15) is 0 Å². The van der Waals surface area contributed by atoms with Crippen molar-refractivity contribution in [1.82, 2.24) is 4.90 Å². The van der Waals surface area contributed by atoms with Crippen molar-refractivity contribution in [3.8, 4) is 0 Å². The van der Waals surface area contributed by atoms with E-state index in [0.717, 1.165) is 31.4 Å². The van der Waals surface area contributed by atoms with Gasteiger partial charge in [0, 0.05) is 18.0 Å². The normalized spacial score (nSPS) is 33.1. The van der Waals surface area contributed by atoms with Gasteiger partial charge in [0.25, 0.3) is 0 Å². The van der Waals surface area contributed by atoms with Gasteiger partial charge in [-0.05, 0) is 55.9 Å². The molecule has 2 aliphatic heterocycles. The number of esters is 1. The van der Waals surface area contributed by atoms with E-state index < -0.39 is 5.60 Å². The molecule has 4 atom stereocenters. The number of carbonyl (C=O) groups excluding carboxylic acids is 1. The molecule has 148 valence electrons. The molecule has 2 aliphatic rings. The van der Waals surface area contributed by atoms with Crippen LogP contribution in [0.3, 0.4) is 0 Å². The second-order valence-electron chi connectivity index (χ2n) is 8.01. The molecular weight excluding hydrogens is 338 g/mol. The molecule has 0 aromatic heterocycles. The summed E-state index contributed by atoms with van der Waals surface area (Å²) in [7, 11) is 1.42. The molecule has 0 spiro atoms. The fourth-order valence-electron chi connectivity index (χ4n) is 5.77. The number of carbonyl (C=O) groups is 1. The predicted octanol–water partition coefficient (Wildman–Crippen LogP) is 3.75. The summed E-state index contributed by atoms with van der Waals surface area (Å²) in [6.45, 7) is 9.86. The number of hydrogen-bond donors (Lipinski definition) is 1. The molecule has 27 heavy (non-hydrogen) atoms. The SMILES string of the molecule is CCC1=C(C(=O)OC)[C@](O)(CC)CN2CCC1(c1ccccc1C)C2CC. The minimum atomic E-state index is -1.17. The van der Waals surface area contributed by atoms with E-state index in [-0.39, 0.29) is 17.4 Å². The van der Waals surface area contributed by atoms with Crippen LogP contribution in [-0.4, -0.2) is 47.8 Å². The molecule has 3 unspecified atom stereocenters. The first-order valence-corrected chi connectivity index (χ1v) is 10.2. The van der Waals surface area contributed by atoms with E-state index in [1.165, 1.54) is 18.2 Å². The van der Waals surface area contributed by atoms with Crippen molar-refractivity contribution >= 4 is 5.97 Å². The van der Waals surface area contributed by atoms with Gasteiger partial charge in [-0.1, -0.05) is 45.0 Å². The van der Waals surface area contributed by atoms with Crippen LogP contribution in [0.2, 0.25) is 0 Å². The van der Waals surface area contributed by atoms with Gasteiger partial charge in [0.2, 0.25) is 0 Å². The largest absolute Gasteiger partial charge is 0.466 e. The van der Waals surface area contributed by atoms with Crippen LogP contribution < -0.4 is 0 Å². The van der Waals surface area contributed by atoms with Crippen molar-refractivity contribution in [2.24, 2.45) is 0 Å². The van der Waals surface area contributed by atoms with Crippen molar-refractivity contribution in [1.29, 1.82) is 0 Å². The summed E-state index contributed by atoms with van der Waals surface area (Å²) in [5, 5.41) is 11.6. The zero-order valence-electron chi connectivity index (χ0n) is 17.3. The van der Waals surface area contributed by atoms with Gasteiger partial charge in [0.1, 0.15) is 5.60 Å². The quantitative estimate of drug-likeness (QED) is 0.801. The highest BCUT2D eigenvalue weighted by molar-refractivity contribution is 5.92. The summed E-state index contributed by atoms with van der Waals surface area (Å²) in [5.41, 5.74) is 2.68. The first-order valence-electron chi connectivity index (χ1n) is 10.2. The van der Waals surface area contributed by atoms with Crippen LogP contribution in [-0.2, 0) is 14.9 Å². The average Bonchev–Trinajstić information content (AvgIpc) is 2.98. The van der Waals surface area contributed by atoms with E-state index >= 15 is 0 Å². The number of rotatable bonds is 5. The smallest absolute Gasteiger partial charge is 0.336 e. The summed E-state index contributed by atoms with van der Waals surface area (Å²) in [6, 6.07) is 8.80. The highest BCUT2D eigenvalue weighted by Crippen LogP contribution is 2.54. The molecule has 1 aromatic carbocycles. The number of fused-ring (bicyclic) bond motifs is 2. The van der Waals surface area contributed by atoms with E-state index in [0.29, 0.717) is 18.5 Å². The number of ether oxygens (including phenoxy) is 1. The van der Waals surface area contributed by atoms with E-state index in [4.69, 9.17) is 4.74 Å². The van der Waals surface area contributed by atoms with Crippen LogP contribution in [0, 0.1) is 6.92 Å². The van der Waals surface area contributed by atoms with Crippen molar-refractivity contribution in [3.63, 3.8) is 0 Å². The molecule has 4 heteroatoms. The molecule has 1 aromatic rings. The fraction of sp³-hybridized carbons (Fsp3) is 0.609. The molecule has 1 N–H and O–H groups in total. The van der Waals surface area contributed by atoms with Crippen LogP contribution in [0.25, 0.3) is 0 Å². The Balaban J connectivity index is 2.41. The summed E-state index contributed by atoms with van der Waals surface area (Å²) >= 11 is 0. The van der Waals surface area contributed by atoms with E-state index in [2.05, 4.69) is 49.9 Å². The summed E-state index contributed by atoms with van der Waals surface area (Å²) < 4.78 is 5.19. The van der Waals surface area contributed by atoms with Gasteiger partial charge < -0.3 is 9.84 Å². The lowest BCUT2D eigenvalue weighted by Gasteiger charge is -2.40. The fourth-order valence-corrected chi connectivity index (χ4v) is 5.77. The van der Waals surface area contributed by atoms with Crippen molar-refractivity contribution in [3.05, 3.63) is 46.5 Å². The van der Waals surface area contributed by atoms with Crippen molar-refractivity contribution in [2.75, 3.05) is 20.2 Å². The topological polar surface area (TPSA) is 49.8 Å². The maximum absolute atomic E-state index is 12.9. The number of benzene rings is 1. The third-order valence-corrected chi connectivity index (χ3v) is 6.91. The Bertz CT molecular complexity index is 756. The van der Waals surface area contributed by atoms with Crippen LogP contribution in [0.4, 0.5) is 0 Å². The summed E-state index contributed by atoms with van der Waals surface area (Å²) in [6.07, 6.45) is 3.18. The van der Waals surface area contributed by atoms with Crippen LogP contribution in [0.1, 0.15) is 57.6 Å². The first kappa shape index (κ1) is 20.1. The molecule has 4 nitrogen and oxygen atoms in total. The Morgan fingerprint density at radius 2 is 2.00 bits per heavy atom. The standard InChI is InChI=1S/C23H33NO3/c1-6-17-20(21(25)27-5)22(26,8-3)15-24-14-13-23(17,19(24)7-2)18-12-10-9-11-16(18)4/h9-12,19,26H,6-8,13-15H2,1-5H3/t19?,22-,23?/m0/s1. The van der Waals surface area contributed by atoms with Gasteiger partial charge in [-0.15, -0.1) is 0 Å². The number of methoxy groups -OCH3 is 1. The Hall–Kier alpha value is -1.65. The lowest BCUT2D eigenvalue weighted by Crippen LogP contribution is -2.47. The Labute approximate surface area is 163 Å². The molecule has 1 fully saturated rings. The molecule has 0 amide bonds. The number of aliphatic hydroxyl groups is 1. The molecule has 0 saturated carbocycles. The predicted molar refractivity (Wildman–Crippen MR) is 108 cm³/mol. The summed E-state index contributed by atoms with van der Waals surface area (Å²) in [5.74, 6) is -0.382. The maximum Gasteiger partial charge on any atom is 0.336 e. The molecular formula is C23H33NO3. The summed E-state index contributed by atoms with van der Waals surface area (Å²) in [4.78, 5) is 15.3. The molecule has 0 aliphatic carbocycles. The zero-order chi connectivity index (χ0) is 19.8.